The molecule has 0 saturated carbocycles. The summed E-state index contributed by atoms with van der Waals surface area (Å²) in [6.45, 7) is 28.5. The first-order chi connectivity index (χ1) is 17.4. The quantitative estimate of drug-likeness (QED) is 0.343. The molecule has 0 aliphatic heterocycles. The van der Waals surface area contributed by atoms with Crippen LogP contribution >= 0.6 is 0 Å². The van der Waals surface area contributed by atoms with Crippen LogP contribution in [0.1, 0.15) is 79.0 Å². The molecule has 0 aliphatic carbocycles. The zero-order chi connectivity index (χ0) is 28.5. The maximum absolute atomic E-state index is 4.36. The molecule has 0 amide bonds. The molecule has 0 aromatic heterocycles. The molecule has 204 valence electrons. The summed E-state index contributed by atoms with van der Waals surface area (Å²) < 4.78 is 8.73. The molecule has 0 unspecified atom stereocenters. The molecule has 38 heavy (non-hydrogen) atoms. The number of benzene rings is 3. The molecule has 0 fully saturated rings. The summed E-state index contributed by atoms with van der Waals surface area (Å²) in [6, 6.07) is 27.4. The normalized spacial score (nSPS) is 13.4. The predicted octanol–water partition coefficient (Wildman–Crippen LogP) is 6.09. The summed E-state index contributed by atoms with van der Waals surface area (Å²) in [5.74, 6) is 0. The van der Waals surface area contributed by atoms with Gasteiger partial charge in [-0.3, -0.25) is 0 Å². The van der Waals surface area contributed by atoms with Gasteiger partial charge in [0.05, 0.1) is 0 Å². The van der Waals surface area contributed by atoms with E-state index in [1.165, 1.54) is 32.3 Å². The highest BCUT2D eigenvalue weighted by Gasteiger charge is 2.39. The molecule has 2 radical (unpaired) electrons. The topological polar surface area (TPSA) is 24.1 Å². The Morgan fingerprint density at radius 1 is 0.500 bits per heavy atom. The summed E-state index contributed by atoms with van der Waals surface area (Å²) in [5.41, 5.74) is 4.68. The molecule has 5 heteroatoms. The first-order valence-electron chi connectivity index (χ1n) is 14.0. The van der Waals surface area contributed by atoms with Crippen LogP contribution in [0.2, 0.25) is 19.6 Å². The summed E-state index contributed by atoms with van der Waals surface area (Å²) in [7, 11) is -4.43. The maximum Gasteiger partial charge on any atom is 0.218 e. The molecule has 0 bridgehead atoms. The molecule has 2 nitrogen and oxygen atoms in total. The zero-order valence-electron chi connectivity index (χ0n) is 25.9. The van der Waals surface area contributed by atoms with Crippen molar-refractivity contribution in [3.05, 3.63) is 89.5 Å². The summed E-state index contributed by atoms with van der Waals surface area (Å²) in [6.07, 6.45) is 0. The van der Waals surface area contributed by atoms with Gasteiger partial charge in [-0.15, -0.1) is 0 Å². The van der Waals surface area contributed by atoms with Crippen molar-refractivity contribution >= 4 is 41.9 Å². The minimum atomic E-state index is -2.35. The fraction of sp³-hybridized carbons (Fsp3) is 0.455. The Morgan fingerprint density at radius 3 is 1.18 bits per heavy atom. The van der Waals surface area contributed by atoms with Gasteiger partial charge in [0, 0.05) is 0 Å². The van der Waals surface area contributed by atoms with Gasteiger partial charge in [0.15, 0.2) is 17.9 Å². The second kappa shape index (κ2) is 11.4. The van der Waals surface area contributed by atoms with Crippen molar-refractivity contribution in [2.45, 2.75) is 98.2 Å². The van der Waals surface area contributed by atoms with Gasteiger partial charge >= 0.3 is 0 Å². The molecule has 0 aliphatic rings. The van der Waals surface area contributed by atoms with E-state index in [4.69, 9.17) is 0 Å². The minimum absolute atomic E-state index is 0.0716. The van der Waals surface area contributed by atoms with Gasteiger partial charge in [-0.05, 0) is 55.0 Å². The van der Waals surface area contributed by atoms with Crippen LogP contribution in [0, 0.1) is 0 Å². The molecule has 3 aromatic carbocycles. The number of rotatable bonds is 7. The molecular formula is C33H50N2Si3. The van der Waals surface area contributed by atoms with E-state index in [0.717, 1.165) is 0 Å². The molecule has 3 aromatic rings. The van der Waals surface area contributed by atoms with Crippen molar-refractivity contribution in [1.82, 2.24) is 9.30 Å². The summed E-state index contributed by atoms with van der Waals surface area (Å²) >= 11 is 0. The third-order valence-electron chi connectivity index (χ3n) is 7.43. The van der Waals surface area contributed by atoms with Crippen LogP contribution in [-0.4, -0.2) is 26.3 Å². The first-order valence-corrected chi connectivity index (χ1v) is 20.5. The van der Waals surface area contributed by atoms with Crippen LogP contribution in [0.25, 0.3) is 0 Å². The Balaban J connectivity index is 2.14. The predicted molar refractivity (Wildman–Crippen MR) is 175 cm³/mol. The zero-order valence-corrected chi connectivity index (χ0v) is 28.9. The molecule has 0 spiro atoms. The fourth-order valence-electron chi connectivity index (χ4n) is 5.55. The third kappa shape index (κ3) is 7.05. The van der Waals surface area contributed by atoms with Gasteiger partial charge in [0.2, 0.25) is 8.40 Å². The van der Waals surface area contributed by atoms with Gasteiger partial charge < -0.3 is 9.30 Å². The van der Waals surface area contributed by atoms with Crippen molar-refractivity contribution < 1.29 is 0 Å². The van der Waals surface area contributed by atoms with Gasteiger partial charge in [-0.25, -0.2) is 0 Å². The van der Waals surface area contributed by atoms with E-state index < -0.39 is 26.3 Å². The second-order valence-corrected chi connectivity index (χ2v) is 22.4. The van der Waals surface area contributed by atoms with Crippen LogP contribution in [0.5, 0.6) is 0 Å². The van der Waals surface area contributed by atoms with Gasteiger partial charge in [-0.2, -0.15) is 0 Å². The monoisotopic (exact) mass is 558 g/mol. The van der Waals surface area contributed by atoms with E-state index in [2.05, 4.69) is 164 Å². The van der Waals surface area contributed by atoms with Crippen molar-refractivity contribution in [3.8, 4) is 0 Å². The average molecular weight is 559 g/mol. The smallest absolute Gasteiger partial charge is 0.218 e. The molecule has 0 saturated heterocycles. The SMILES string of the molecule is C[Si](N[Si](C)(N[Si](C)c1ccccc1C(C)(C)C)c1ccccc1C(C)(C)C)c1ccccc1C(C)(C)C. The Bertz CT molecular complexity index is 1170. The van der Waals surface area contributed by atoms with E-state index in [1.54, 1.807) is 0 Å². The van der Waals surface area contributed by atoms with Gasteiger partial charge in [0.1, 0.15) is 0 Å². The van der Waals surface area contributed by atoms with Crippen LogP contribution in [0.3, 0.4) is 0 Å². The largest absolute Gasteiger partial charge is 0.341 e. The highest BCUT2D eigenvalue weighted by Crippen LogP contribution is 2.24. The fourth-order valence-corrected chi connectivity index (χ4v) is 18.4. The molecule has 3 rings (SSSR count). The van der Waals surface area contributed by atoms with E-state index in [0.29, 0.717) is 0 Å². The maximum atomic E-state index is 4.36. The lowest BCUT2D eigenvalue weighted by atomic mass is 9.87. The Labute approximate surface area is 238 Å². The Morgan fingerprint density at radius 2 is 0.816 bits per heavy atom. The molecular weight excluding hydrogens is 509 g/mol. The van der Waals surface area contributed by atoms with Crippen LogP contribution < -0.4 is 24.9 Å². The van der Waals surface area contributed by atoms with Crippen molar-refractivity contribution in [2.75, 3.05) is 0 Å². The number of hydrogen-bond donors (Lipinski definition) is 2. The lowest BCUT2D eigenvalue weighted by Crippen LogP contribution is -2.77. The number of hydrogen-bond acceptors (Lipinski definition) is 2. The summed E-state index contributed by atoms with van der Waals surface area (Å²) in [5, 5.41) is 4.49. The van der Waals surface area contributed by atoms with Crippen molar-refractivity contribution in [2.24, 2.45) is 0 Å². The number of nitrogens with one attached hydrogen (secondary N) is 2. The highest BCUT2D eigenvalue weighted by molar-refractivity contribution is 7.01. The van der Waals surface area contributed by atoms with E-state index in [9.17, 15) is 0 Å². The average Bonchev–Trinajstić information content (AvgIpc) is 2.82. The highest BCUT2D eigenvalue weighted by atomic mass is 28.4. The standard InChI is InChI=1S/C33H50N2Si3/c1-31(2,3)25-19-13-16-22-28(25)36(10)34-38(12,30-24-18-15-21-27(30)33(7,8)9)35-37(11)29-23-17-14-20-26(29)32(4,5)6/h13-24,34-35H,1-12H3. The van der Waals surface area contributed by atoms with Crippen LogP contribution in [0.4, 0.5) is 0 Å². The second-order valence-electron chi connectivity index (χ2n) is 14.0. The minimum Gasteiger partial charge on any atom is -0.341 e. The summed E-state index contributed by atoms with van der Waals surface area (Å²) in [4.78, 5) is 0. The lowest BCUT2D eigenvalue weighted by Gasteiger charge is -2.40. The molecule has 0 atom stereocenters. The third-order valence-corrected chi connectivity index (χ3v) is 18.4. The van der Waals surface area contributed by atoms with Crippen LogP contribution in [-0.2, 0) is 16.2 Å². The van der Waals surface area contributed by atoms with Crippen molar-refractivity contribution in [3.63, 3.8) is 0 Å². The molecule has 0 heterocycles. The van der Waals surface area contributed by atoms with Crippen LogP contribution in [0.15, 0.2) is 72.8 Å². The van der Waals surface area contributed by atoms with Gasteiger partial charge in [-0.1, -0.05) is 148 Å². The first kappa shape index (κ1) is 30.8. The van der Waals surface area contributed by atoms with E-state index in [1.807, 2.05) is 0 Å². The van der Waals surface area contributed by atoms with E-state index in [-0.39, 0.29) is 16.2 Å². The lowest BCUT2D eigenvalue weighted by molar-refractivity contribution is 0.593. The van der Waals surface area contributed by atoms with Crippen molar-refractivity contribution in [1.29, 1.82) is 0 Å². The van der Waals surface area contributed by atoms with E-state index >= 15 is 0 Å². The molecule has 2 N–H and O–H groups in total. The Kier molecular flexibility index (Phi) is 9.21. The Hall–Kier alpha value is -1.77. The van der Waals surface area contributed by atoms with Gasteiger partial charge in [0.25, 0.3) is 0 Å².